The summed E-state index contributed by atoms with van der Waals surface area (Å²) < 4.78 is 1.82. The molecule has 142 valence electrons. The summed E-state index contributed by atoms with van der Waals surface area (Å²) >= 11 is -2.08. The first-order valence-corrected chi connectivity index (χ1v) is 18.0. The van der Waals surface area contributed by atoms with Crippen LogP contribution in [0.1, 0.15) is 27.7 Å². The minimum absolute atomic E-state index is 0.141. The van der Waals surface area contributed by atoms with Crippen LogP contribution in [0.3, 0.4) is 0 Å². The van der Waals surface area contributed by atoms with Crippen LogP contribution in [-0.4, -0.2) is 8.07 Å². The molecular weight excluding hydrogens is 376 g/mol. The normalized spacial score (nSPS) is 21.2. The Morgan fingerprint density at radius 3 is 1.48 bits per heavy atom. The van der Waals surface area contributed by atoms with Gasteiger partial charge in [-0.1, -0.05) is 0 Å². The van der Waals surface area contributed by atoms with Crippen LogP contribution in [0.5, 0.6) is 0 Å². The second-order valence-corrected chi connectivity index (χ2v) is 21.7. The van der Waals surface area contributed by atoms with Gasteiger partial charge in [-0.25, -0.2) is 0 Å². The zero-order valence-corrected chi connectivity index (χ0v) is 20.8. The summed E-state index contributed by atoms with van der Waals surface area (Å²) in [6, 6.07) is 22.7. The average Bonchev–Trinajstić information content (AvgIpc) is 2.83. The first-order chi connectivity index (χ1) is 12.6. The zero-order valence-electron chi connectivity index (χ0n) is 18.3. The van der Waals surface area contributed by atoms with E-state index in [0.717, 1.165) is 0 Å². The van der Waals surface area contributed by atoms with E-state index in [1.165, 1.54) is 0 Å². The van der Waals surface area contributed by atoms with Gasteiger partial charge < -0.3 is 0 Å². The number of hydrogen-bond donors (Lipinski definition) is 0. The van der Waals surface area contributed by atoms with Crippen molar-refractivity contribution in [3.8, 4) is 0 Å². The molecule has 27 heavy (non-hydrogen) atoms. The summed E-state index contributed by atoms with van der Waals surface area (Å²) in [5.41, 5.74) is 4.74. The molecule has 2 heteroatoms. The summed E-state index contributed by atoms with van der Waals surface area (Å²) in [7, 11) is -2.08. The molecule has 0 saturated heterocycles. The van der Waals surface area contributed by atoms with Crippen LogP contribution in [0.25, 0.3) is 0 Å². The van der Waals surface area contributed by atoms with E-state index in [1.54, 1.807) is 27.1 Å². The zero-order chi connectivity index (χ0) is 20.0. The van der Waals surface area contributed by atoms with Crippen LogP contribution >= 0.6 is 0 Å². The van der Waals surface area contributed by atoms with Crippen molar-refractivity contribution in [2.45, 2.75) is 55.0 Å². The van der Waals surface area contributed by atoms with Gasteiger partial charge in [0, 0.05) is 0 Å². The van der Waals surface area contributed by atoms with Gasteiger partial charge in [0.25, 0.3) is 0 Å². The monoisotopic (exact) mass is 410 g/mol. The van der Waals surface area contributed by atoms with Crippen molar-refractivity contribution in [3.05, 3.63) is 81.3 Å². The molecule has 1 atom stereocenters. The molecule has 0 amide bonds. The van der Waals surface area contributed by atoms with Crippen molar-refractivity contribution in [3.63, 3.8) is 0 Å². The van der Waals surface area contributed by atoms with Crippen LogP contribution in [0.2, 0.25) is 27.3 Å². The van der Waals surface area contributed by atoms with Gasteiger partial charge in [0.1, 0.15) is 0 Å². The Kier molecular flexibility index (Phi) is 5.36. The molecule has 0 saturated carbocycles. The van der Waals surface area contributed by atoms with Crippen molar-refractivity contribution in [2.75, 3.05) is 0 Å². The van der Waals surface area contributed by atoms with E-state index < -0.39 is 24.7 Å². The molecule has 0 radical (unpaired) electrons. The predicted octanol–water partition coefficient (Wildman–Crippen LogP) is 6.56. The van der Waals surface area contributed by atoms with Crippen molar-refractivity contribution in [2.24, 2.45) is 0 Å². The Labute approximate surface area is 170 Å². The fourth-order valence-corrected chi connectivity index (χ4v) is 17.9. The van der Waals surface area contributed by atoms with Crippen molar-refractivity contribution < 1.29 is 16.6 Å². The van der Waals surface area contributed by atoms with Gasteiger partial charge >= 0.3 is 171 Å². The van der Waals surface area contributed by atoms with Gasteiger partial charge in [0.2, 0.25) is 0 Å². The van der Waals surface area contributed by atoms with E-state index in [0.29, 0.717) is 0 Å². The van der Waals surface area contributed by atoms with Crippen molar-refractivity contribution in [1.82, 2.24) is 0 Å². The third-order valence-corrected chi connectivity index (χ3v) is 16.9. The molecule has 0 spiro atoms. The molecule has 2 aromatic carbocycles. The molecule has 1 aliphatic rings. The maximum atomic E-state index is 2.61. The SMILES string of the molecule is CC1=C(C)C(C)([Si](C)(c2ccccc2)c2ccccc2)[C]([Ti]([CH3])([CH3])[CH3])=C1C. The van der Waals surface area contributed by atoms with E-state index in [9.17, 15) is 0 Å². The van der Waals surface area contributed by atoms with Gasteiger partial charge in [-0.3, -0.25) is 0 Å². The second kappa shape index (κ2) is 7.03. The average molecular weight is 411 g/mol. The van der Waals surface area contributed by atoms with Crippen molar-refractivity contribution >= 4 is 18.4 Å². The number of allylic oxidation sites excluding steroid dienone is 4. The molecule has 3 rings (SSSR count). The van der Waals surface area contributed by atoms with E-state index in [2.05, 4.69) is 111 Å². The first kappa shape index (κ1) is 20.6. The minimum atomic E-state index is -2.08. The van der Waals surface area contributed by atoms with Crippen LogP contribution in [0, 0.1) is 0 Å². The number of rotatable bonds is 4. The molecule has 0 aliphatic heterocycles. The Balaban J connectivity index is 2.43. The molecule has 0 aromatic heterocycles. The quantitative estimate of drug-likeness (QED) is 0.501. The summed E-state index contributed by atoms with van der Waals surface area (Å²) in [4.78, 5) is 0. The molecule has 0 fully saturated rings. The second-order valence-electron chi connectivity index (χ2n) is 9.48. The van der Waals surface area contributed by atoms with E-state index in [4.69, 9.17) is 0 Å². The van der Waals surface area contributed by atoms with Gasteiger partial charge in [0.15, 0.2) is 0 Å². The molecule has 1 unspecified atom stereocenters. The third kappa shape index (κ3) is 2.99. The predicted molar refractivity (Wildman–Crippen MR) is 121 cm³/mol. The van der Waals surface area contributed by atoms with Gasteiger partial charge in [0.05, 0.1) is 0 Å². The Morgan fingerprint density at radius 2 is 1.11 bits per heavy atom. The molecule has 0 N–H and O–H groups in total. The number of hydrogen-bond acceptors (Lipinski definition) is 0. The first-order valence-electron chi connectivity index (χ1n) is 10.1. The van der Waals surface area contributed by atoms with Crippen LogP contribution in [-0.2, 0) is 16.6 Å². The summed E-state index contributed by atoms with van der Waals surface area (Å²) in [5.74, 6) is 0. The van der Waals surface area contributed by atoms with Gasteiger partial charge in [-0.15, -0.1) is 0 Å². The third-order valence-electron chi connectivity index (χ3n) is 7.20. The molecule has 1 aliphatic carbocycles. The maximum absolute atomic E-state index is 2.61. The molecule has 0 nitrogen and oxygen atoms in total. The molecule has 2 aromatic rings. The topological polar surface area (TPSA) is 0 Å². The summed E-state index contributed by atoms with van der Waals surface area (Å²) in [6.45, 7) is 12.4. The van der Waals surface area contributed by atoms with E-state index >= 15 is 0 Å². The number of benzene rings is 2. The van der Waals surface area contributed by atoms with Gasteiger partial charge in [-0.05, 0) is 0 Å². The summed E-state index contributed by atoms with van der Waals surface area (Å²) in [5, 5.41) is 11.0. The Morgan fingerprint density at radius 1 is 0.704 bits per heavy atom. The fraction of sp³-hybridized carbons (Fsp3) is 0.360. The van der Waals surface area contributed by atoms with Gasteiger partial charge in [-0.2, -0.15) is 0 Å². The molecule has 0 heterocycles. The van der Waals surface area contributed by atoms with Crippen molar-refractivity contribution in [1.29, 1.82) is 0 Å². The molecular formula is C25H34SiTi. The van der Waals surface area contributed by atoms with E-state index in [-0.39, 0.29) is 5.04 Å². The molecule has 0 bridgehead atoms. The van der Waals surface area contributed by atoms with Crippen LogP contribution in [0.15, 0.2) is 81.3 Å². The fourth-order valence-electron chi connectivity index (χ4n) is 5.63. The van der Waals surface area contributed by atoms with Crippen LogP contribution in [0.4, 0.5) is 0 Å². The van der Waals surface area contributed by atoms with Crippen LogP contribution < -0.4 is 10.4 Å². The summed E-state index contributed by atoms with van der Waals surface area (Å²) in [6.07, 6.45) is 0. The Hall–Kier alpha value is -1.15. The standard InChI is InChI=1S/C22H25Si.3CH3.Ti/c1-17-16-22(4,19(3)18(17)2)23(5,20-12-8-6-9-13-20)21-14-10-7-11-15-21;;;;/h6-15H,1-5H3;3*1H3;. The Bertz CT molecular complexity index is 861. The van der Waals surface area contributed by atoms with E-state index in [1.807, 2.05) is 3.88 Å².